The van der Waals surface area contributed by atoms with Crippen molar-refractivity contribution in [1.82, 2.24) is 0 Å². The molecule has 0 saturated heterocycles. The zero-order valence-electron chi connectivity index (χ0n) is 65.8. The Bertz CT molecular complexity index is 2780. The SMILES string of the molecule is CCC(C)(C)C(=O)OCC(=O)OCC(=O)OCCC(C)(F)F.CCC(C)(C)C(=O)OCC(=O)OCC(F)(F)CC(F)(F)CC(C)(F)F.CCC(C)(C)C(=O)OCC(=O)OCC(F)(F)CC(F)(F)CC(F)(F)F.CCC(C)(C)C(=O)OCCOCC(=O)OCCC(C)(F)F.CCOC(=O)COC(=O)COC(=O)C(C)(C)CC. The second-order valence-electron chi connectivity index (χ2n) is 28.0. The average molecular weight is 1660 g/mol. The minimum Gasteiger partial charge on any atom is -0.464 e. The Morgan fingerprint density at radius 2 is 0.477 bits per heavy atom. The van der Waals surface area contributed by atoms with Gasteiger partial charge in [0.25, 0.3) is 29.6 Å². The predicted octanol–water partition coefficient (Wildman–Crippen LogP) is 14.1. The number of rotatable bonds is 45. The van der Waals surface area contributed by atoms with Crippen LogP contribution < -0.4 is 0 Å². The van der Waals surface area contributed by atoms with Gasteiger partial charge < -0.3 is 61.6 Å². The molecule has 0 spiro atoms. The van der Waals surface area contributed by atoms with E-state index in [2.05, 4.69) is 42.6 Å². The number of carbonyl (C=O) groups is 12. The van der Waals surface area contributed by atoms with Crippen LogP contribution in [0.25, 0.3) is 0 Å². The summed E-state index contributed by atoms with van der Waals surface area (Å²) in [5.74, 6) is -37.0. The maximum atomic E-state index is 13.4. The summed E-state index contributed by atoms with van der Waals surface area (Å²) in [5.41, 5.74) is -3.72. The van der Waals surface area contributed by atoms with E-state index in [0.29, 0.717) is 39.0 Å². The number of esters is 12. The van der Waals surface area contributed by atoms with Crippen molar-refractivity contribution in [2.45, 2.75) is 250 Å². The summed E-state index contributed by atoms with van der Waals surface area (Å²) in [5, 5.41) is 0. The van der Waals surface area contributed by atoms with Crippen molar-refractivity contribution in [2.75, 3.05) is 92.5 Å². The Morgan fingerprint density at radius 3 is 0.739 bits per heavy atom. The zero-order valence-corrected chi connectivity index (χ0v) is 65.8. The van der Waals surface area contributed by atoms with Gasteiger partial charge in [-0.1, -0.05) is 34.6 Å². The minimum atomic E-state index is -5.32. The molecule has 0 aliphatic rings. The summed E-state index contributed by atoms with van der Waals surface area (Å²) in [6.07, 6.45) is -13.3. The van der Waals surface area contributed by atoms with Crippen molar-refractivity contribution in [1.29, 1.82) is 0 Å². The van der Waals surface area contributed by atoms with E-state index in [4.69, 9.17) is 18.9 Å². The summed E-state index contributed by atoms with van der Waals surface area (Å²) in [4.78, 5) is 136. The minimum absolute atomic E-state index is 0.0303. The molecule has 0 aromatic rings. The van der Waals surface area contributed by atoms with Crippen molar-refractivity contribution < 1.29 is 194 Å². The largest absolute Gasteiger partial charge is 0.464 e. The van der Waals surface area contributed by atoms with E-state index in [1.54, 1.807) is 83.1 Å². The second kappa shape index (κ2) is 50.5. The third-order valence-electron chi connectivity index (χ3n) is 14.7. The van der Waals surface area contributed by atoms with E-state index in [0.717, 1.165) is 6.92 Å². The molecule has 0 bridgehead atoms. The van der Waals surface area contributed by atoms with Crippen molar-refractivity contribution in [3.05, 3.63) is 0 Å². The number of hydrogen-bond acceptors (Lipinski definition) is 25. The van der Waals surface area contributed by atoms with Gasteiger partial charge >= 0.3 is 77.8 Å². The number of carbonyl (C=O) groups excluding carboxylic acids is 12. The molecule has 0 radical (unpaired) electrons. The quantitative estimate of drug-likeness (QED) is 0.0237. The van der Waals surface area contributed by atoms with Gasteiger partial charge in [-0.25, -0.2) is 95.0 Å². The highest BCUT2D eigenvalue weighted by Gasteiger charge is 2.51. The number of ether oxygens (including phenoxy) is 13. The highest BCUT2D eigenvalue weighted by molar-refractivity contribution is 5.83. The van der Waals surface area contributed by atoms with Gasteiger partial charge in [0.15, 0.2) is 52.9 Å². The topological polar surface area (TPSA) is 325 Å². The number of halogens is 17. The van der Waals surface area contributed by atoms with Crippen molar-refractivity contribution >= 4 is 71.6 Å². The van der Waals surface area contributed by atoms with Crippen molar-refractivity contribution in [2.24, 2.45) is 27.1 Å². The standard InChI is InChI=1S/C15H22F6O4.C14H19F7O4.C14H22F2O6.C14H24F2O5.C12H20O6/c1-5-12(2,3)11(23)24-6-10(22)25-9-15(20,21)8-14(18,19)7-13(4,16)17;1-4-11(2,3)10(23)24-5-9(22)25-8-13(17,18)6-12(15,16)7-14(19,20)21;1-5-13(2,3)12(19)22-9-11(18)21-8-10(17)20-7-6-14(4,15)16;1-5-13(2,3)12(18)21-9-8-19-10-11(17)20-7-6-14(4,15)16;1-5-12(3,4)11(15)18-8-10(14)17-7-9(13)16-6-2/h5-9H2,1-4H3;4-8H2,1-3H3;5-9H2,1-4H3;5-10H2,1-4H3;5-8H2,1-4H3. The van der Waals surface area contributed by atoms with Crippen LogP contribution in [0.3, 0.4) is 0 Å². The van der Waals surface area contributed by atoms with Crippen molar-refractivity contribution in [3.63, 3.8) is 0 Å². The van der Waals surface area contributed by atoms with Crippen LogP contribution in [-0.2, 0) is 119 Å². The lowest BCUT2D eigenvalue weighted by Gasteiger charge is -2.25. The van der Waals surface area contributed by atoms with Crippen LogP contribution in [0.1, 0.15) is 202 Å². The van der Waals surface area contributed by atoms with Crippen LogP contribution in [0.4, 0.5) is 74.6 Å². The fourth-order valence-electron chi connectivity index (χ4n) is 6.07. The summed E-state index contributed by atoms with van der Waals surface area (Å²) >= 11 is 0. The Balaban J connectivity index is -0.000000424. The molecule has 0 atom stereocenters. The van der Waals surface area contributed by atoms with Crippen molar-refractivity contribution in [3.8, 4) is 0 Å². The fourth-order valence-corrected chi connectivity index (χ4v) is 6.07. The first-order valence-corrected chi connectivity index (χ1v) is 34.1. The molecule has 0 N–H and O–H groups in total. The molecule has 42 heteroatoms. The van der Waals surface area contributed by atoms with E-state index >= 15 is 0 Å². The summed E-state index contributed by atoms with van der Waals surface area (Å²) < 4.78 is 276. The lowest BCUT2D eigenvalue weighted by atomic mass is 9.91. The molecule has 0 aliphatic carbocycles. The summed E-state index contributed by atoms with van der Waals surface area (Å²) in [6, 6.07) is 0. The lowest BCUT2D eigenvalue weighted by Crippen LogP contribution is -2.37. The van der Waals surface area contributed by atoms with Crippen LogP contribution in [-0.4, -0.2) is 212 Å². The Hall–Kier alpha value is -7.59. The first-order chi connectivity index (χ1) is 49.9. The normalized spacial score (nSPS) is 12.4. The van der Waals surface area contributed by atoms with E-state index < -0.39 is 238 Å². The van der Waals surface area contributed by atoms with Gasteiger partial charge in [-0.05, 0) is 129 Å². The molecule has 0 fully saturated rings. The molecule has 0 aromatic heterocycles. The molecule has 0 aromatic carbocycles. The van der Waals surface area contributed by atoms with Crippen LogP contribution in [0.15, 0.2) is 0 Å². The predicted molar refractivity (Wildman–Crippen MR) is 354 cm³/mol. The average Bonchev–Trinajstić information content (AvgIpc) is 0.842. The molecule has 25 nitrogen and oxygen atoms in total. The maximum absolute atomic E-state index is 13.4. The van der Waals surface area contributed by atoms with Crippen LogP contribution in [0.2, 0.25) is 0 Å². The van der Waals surface area contributed by atoms with Gasteiger partial charge in [0.1, 0.15) is 19.6 Å². The van der Waals surface area contributed by atoms with Gasteiger partial charge in [-0.15, -0.1) is 0 Å². The molecule has 652 valence electrons. The molecule has 111 heavy (non-hydrogen) atoms. The number of alkyl halides is 17. The highest BCUT2D eigenvalue weighted by atomic mass is 19.4. The van der Waals surface area contributed by atoms with Gasteiger partial charge in [0.05, 0.1) is 72.8 Å². The Labute approximate surface area is 633 Å². The summed E-state index contributed by atoms with van der Waals surface area (Å²) in [6.45, 7) is 19.9. The van der Waals surface area contributed by atoms with Gasteiger partial charge in [-0.3, -0.25) is 24.0 Å². The molecule has 0 amide bonds. The van der Waals surface area contributed by atoms with E-state index in [1.807, 2.05) is 13.8 Å². The molecule has 0 heterocycles. The molecule has 0 saturated carbocycles. The van der Waals surface area contributed by atoms with E-state index in [1.165, 1.54) is 13.8 Å². The van der Waals surface area contributed by atoms with Gasteiger partial charge in [0.2, 0.25) is 11.8 Å². The molecule has 0 rings (SSSR count). The second-order valence-corrected chi connectivity index (χ2v) is 28.0. The molecular weight excluding hydrogens is 1550 g/mol. The van der Waals surface area contributed by atoms with E-state index in [9.17, 15) is 132 Å². The maximum Gasteiger partial charge on any atom is 0.394 e. The van der Waals surface area contributed by atoms with Gasteiger partial charge in [0, 0.05) is 12.8 Å². The molecule has 0 aliphatic heterocycles. The Morgan fingerprint density at radius 1 is 0.234 bits per heavy atom. The zero-order chi connectivity index (χ0) is 88.3. The molecule has 0 unspecified atom stereocenters. The third-order valence-corrected chi connectivity index (χ3v) is 14.7. The monoisotopic (exact) mass is 1660 g/mol. The molecular formula is C69H107F17O25. The highest BCUT2D eigenvalue weighted by Crippen LogP contribution is 2.40. The van der Waals surface area contributed by atoms with Gasteiger partial charge in [-0.2, -0.15) is 13.2 Å². The summed E-state index contributed by atoms with van der Waals surface area (Å²) in [7, 11) is 0. The first kappa shape index (κ1) is 112. The van der Waals surface area contributed by atoms with Crippen LogP contribution in [0.5, 0.6) is 0 Å². The third kappa shape index (κ3) is 62.6. The number of hydrogen-bond donors (Lipinski definition) is 0. The lowest BCUT2D eigenvalue weighted by molar-refractivity contribution is -0.213. The Kier molecular flexibility index (Phi) is 51.0. The van der Waals surface area contributed by atoms with E-state index in [-0.39, 0.29) is 45.9 Å². The first-order valence-electron chi connectivity index (χ1n) is 34.1. The fraction of sp³-hybridized carbons (Fsp3) is 0.826. The van der Waals surface area contributed by atoms with Crippen LogP contribution >= 0.6 is 0 Å². The smallest absolute Gasteiger partial charge is 0.394 e. The van der Waals surface area contributed by atoms with Crippen LogP contribution in [0, 0.1) is 27.1 Å².